The lowest BCUT2D eigenvalue weighted by atomic mass is 15.9. The molecule has 2 unspecified atom stereocenters. The second-order valence-electron chi connectivity index (χ2n) is 0.502. The maximum atomic E-state index is 9.53. The summed E-state index contributed by atoms with van der Waals surface area (Å²) >= 11 is 0. The molecular weight excluding hydrogens is 160 g/mol. The highest BCUT2D eigenvalue weighted by atomic mass is 33.5. The zero-order chi connectivity index (χ0) is 5.86. The van der Waals surface area contributed by atoms with Crippen molar-refractivity contribution >= 4 is 30.1 Å². The van der Waals surface area contributed by atoms with Gasteiger partial charge in [0.25, 0.3) is 0 Å². The van der Waals surface area contributed by atoms with Crippen LogP contribution in [0, 0.1) is 0 Å². The van der Waals surface area contributed by atoms with E-state index in [1.165, 1.54) is 0 Å². The van der Waals surface area contributed by atoms with Crippen molar-refractivity contribution in [3.05, 3.63) is 0 Å². The van der Waals surface area contributed by atoms with Gasteiger partial charge < -0.3 is 0 Å². The zero-order valence-electron chi connectivity index (χ0n) is 2.94. The first-order valence-corrected chi connectivity index (χ1v) is 5.10. The first-order valence-electron chi connectivity index (χ1n) is 1.03. The molecule has 0 aliphatic carbocycles. The molecule has 44 valence electrons. The lowest BCUT2D eigenvalue weighted by Gasteiger charge is -1.80. The molecular formula is H2O4S3. The molecule has 0 aromatic heterocycles. The molecule has 4 nitrogen and oxygen atoms in total. The Labute approximate surface area is 48.1 Å². The van der Waals surface area contributed by atoms with Gasteiger partial charge in [-0.1, -0.05) is 0 Å². The average Bonchev–Trinajstić information content (AvgIpc) is 1.27. The Kier molecular flexibility index (Phi) is 3.85. The van der Waals surface area contributed by atoms with Crippen LogP contribution in [0.25, 0.3) is 0 Å². The summed E-state index contributed by atoms with van der Waals surface area (Å²) in [6.45, 7) is 0. The largest absolute Gasteiger partial charge is 0.297 e. The van der Waals surface area contributed by atoms with Gasteiger partial charge in [-0.2, -0.15) is 0 Å². The third-order valence-corrected chi connectivity index (χ3v) is 3.14. The van der Waals surface area contributed by atoms with Crippen LogP contribution in [0.3, 0.4) is 0 Å². The second kappa shape index (κ2) is 3.56. The lowest BCUT2D eigenvalue weighted by Crippen LogP contribution is -1.81. The van der Waals surface area contributed by atoms with E-state index in [9.17, 15) is 8.42 Å². The predicted molar refractivity (Wildman–Crippen MR) is 29.1 cm³/mol. The molecule has 0 aromatic rings. The smallest absolute Gasteiger partial charge is 0.232 e. The first kappa shape index (κ1) is 7.57. The zero-order valence-corrected chi connectivity index (χ0v) is 5.39. The van der Waals surface area contributed by atoms with Crippen molar-refractivity contribution in [1.29, 1.82) is 0 Å². The Bertz CT molecular complexity index is 83.1. The van der Waals surface area contributed by atoms with Gasteiger partial charge in [-0.15, -0.1) is 0 Å². The van der Waals surface area contributed by atoms with Crippen LogP contribution in [0.5, 0.6) is 0 Å². The quantitative estimate of drug-likeness (QED) is 0.441. The molecule has 2 atom stereocenters. The Morgan fingerprint density at radius 3 is 1.43 bits per heavy atom. The molecule has 0 aromatic carbocycles. The standard InChI is InChI=1S/H2O4S3/c1-6(2)5-7(3)4/h(H,1,2)(H,3,4). The second-order valence-corrected chi connectivity index (χ2v) is 4.85. The van der Waals surface area contributed by atoms with Crippen molar-refractivity contribution in [2.75, 3.05) is 0 Å². The molecule has 0 spiro atoms. The fourth-order valence-electron chi connectivity index (χ4n) is 0.0498. The van der Waals surface area contributed by atoms with Crippen LogP contribution in [-0.4, -0.2) is 17.5 Å². The number of hydrogen-bond donors (Lipinski definition) is 2. The van der Waals surface area contributed by atoms with Gasteiger partial charge in [0.2, 0.25) is 20.2 Å². The minimum Gasteiger partial charge on any atom is -0.297 e. The van der Waals surface area contributed by atoms with Crippen molar-refractivity contribution in [2.45, 2.75) is 0 Å². The van der Waals surface area contributed by atoms with E-state index in [0.717, 1.165) is 0 Å². The Balaban J connectivity index is 3.32. The van der Waals surface area contributed by atoms with Crippen molar-refractivity contribution in [1.82, 2.24) is 0 Å². The highest BCUT2D eigenvalue weighted by Crippen LogP contribution is 2.06. The summed E-state index contributed by atoms with van der Waals surface area (Å²) < 4.78 is 34.7. The van der Waals surface area contributed by atoms with Crippen LogP contribution in [-0.2, 0) is 20.2 Å². The maximum absolute atomic E-state index is 9.53. The lowest BCUT2D eigenvalue weighted by molar-refractivity contribution is 0.578. The van der Waals surface area contributed by atoms with Gasteiger partial charge in [-0.05, 0) is 0 Å². The fraction of sp³-hybridized carbons (Fsp3) is 0. The summed E-state index contributed by atoms with van der Waals surface area (Å²) in [6.07, 6.45) is 0. The van der Waals surface area contributed by atoms with Crippen LogP contribution in [0.2, 0.25) is 0 Å². The van der Waals surface area contributed by atoms with Crippen LogP contribution >= 0.6 is 9.83 Å². The number of hydrogen-bond acceptors (Lipinski definition) is 3. The van der Waals surface area contributed by atoms with Crippen LogP contribution in [0.1, 0.15) is 0 Å². The summed E-state index contributed by atoms with van der Waals surface area (Å²) in [5, 5.41) is 0. The molecule has 7 heteroatoms. The van der Waals surface area contributed by atoms with Crippen molar-refractivity contribution < 1.29 is 17.5 Å². The van der Waals surface area contributed by atoms with Gasteiger partial charge in [0, 0.05) is 0 Å². The summed E-state index contributed by atoms with van der Waals surface area (Å²) in [6, 6.07) is 0. The first-order chi connectivity index (χ1) is 3.13. The van der Waals surface area contributed by atoms with Crippen LogP contribution in [0.4, 0.5) is 0 Å². The molecule has 0 saturated heterocycles. The van der Waals surface area contributed by atoms with Crippen LogP contribution < -0.4 is 0 Å². The summed E-state index contributed by atoms with van der Waals surface area (Å²) in [5.74, 6) is 0. The van der Waals surface area contributed by atoms with E-state index in [1.54, 1.807) is 0 Å². The average molecular weight is 162 g/mol. The van der Waals surface area contributed by atoms with Crippen molar-refractivity contribution in [3.8, 4) is 0 Å². The molecule has 0 radical (unpaired) electrons. The van der Waals surface area contributed by atoms with Gasteiger partial charge in [0.15, 0.2) is 0 Å². The molecule has 0 fully saturated rings. The Hall–Kier alpha value is 0.570. The molecule has 0 aliphatic rings. The van der Waals surface area contributed by atoms with Gasteiger partial charge in [-0.25, -0.2) is 8.42 Å². The maximum Gasteiger partial charge on any atom is 0.232 e. The van der Waals surface area contributed by atoms with Crippen LogP contribution in [0.15, 0.2) is 0 Å². The van der Waals surface area contributed by atoms with Gasteiger partial charge >= 0.3 is 0 Å². The van der Waals surface area contributed by atoms with E-state index >= 15 is 0 Å². The molecule has 0 amide bonds. The molecule has 0 heterocycles. The van der Waals surface area contributed by atoms with Crippen molar-refractivity contribution in [3.63, 3.8) is 0 Å². The normalized spacial score (nSPS) is 18.6. The Morgan fingerprint density at radius 1 is 1.14 bits per heavy atom. The molecule has 0 rings (SSSR count). The third-order valence-electron chi connectivity index (χ3n) is 0.116. The minimum atomic E-state index is -2.23. The summed E-state index contributed by atoms with van der Waals surface area (Å²) in [4.78, 5) is 0. The van der Waals surface area contributed by atoms with Gasteiger partial charge in [0.05, 0.1) is 9.83 Å². The Morgan fingerprint density at radius 2 is 1.43 bits per heavy atom. The summed E-state index contributed by atoms with van der Waals surface area (Å²) in [7, 11) is -4.39. The van der Waals surface area contributed by atoms with E-state index in [-0.39, 0.29) is 9.83 Å². The van der Waals surface area contributed by atoms with E-state index in [2.05, 4.69) is 0 Å². The predicted octanol–water partition coefficient (Wildman–Crippen LogP) is -0.00700. The monoisotopic (exact) mass is 162 g/mol. The highest BCUT2D eigenvalue weighted by Gasteiger charge is 1.97. The molecule has 2 N–H and O–H groups in total. The van der Waals surface area contributed by atoms with E-state index < -0.39 is 20.2 Å². The topological polar surface area (TPSA) is 74.6 Å². The van der Waals surface area contributed by atoms with E-state index in [0.29, 0.717) is 0 Å². The SMILES string of the molecule is O=S(O)SS(=O)O. The molecule has 0 saturated carbocycles. The summed E-state index contributed by atoms with van der Waals surface area (Å²) in [5.41, 5.74) is 0. The van der Waals surface area contributed by atoms with Crippen molar-refractivity contribution in [2.24, 2.45) is 0 Å². The van der Waals surface area contributed by atoms with E-state index in [1.807, 2.05) is 0 Å². The number of rotatable bonds is 2. The minimum absolute atomic E-state index is 0.0648. The van der Waals surface area contributed by atoms with Gasteiger partial charge in [-0.3, -0.25) is 9.11 Å². The fourth-order valence-corrected chi connectivity index (χ4v) is 1.34. The van der Waals surface area contributed by atoms with E-state index in [4.69, 9.17) is 9.11 Å². The third kappa shape index (κ3) is 6.57. The van der Waals surface area contributed by atoms with Gasteiger partial charge in [0.1, 0.15) is 0 Å². The highest BCUT2D eigenvalue weighted by molar-refractivity contribution is 8.99. The molecule has 7 heavy (non-hydrogen) atoms. The molecule has 0 bridgehead atoms. The molecule has 0 aliphatic heterocycles.